The number of terminal acetylenes is 1. The van der Waals surface area contributed by atoms with Crippen molar-refractivity contribution in [3.63, 3.8) is 0 Å². The summed E-state index contributed by atoms with van der Waals surface area (Å²) >= 11 is 0. The van der Waals surface area contributed by atoms with Gasteiger partial charge in [0.1, 0.15) is 6.29 Å². The van der Waals surface area contributed by atoms with Gasteiger partial charge in [0.2, 0.25) is 0 Å². The van der Waals surface area contributed by atoms with E-state index in [2.05, 4.69) is 5.92 Å². The van der Waals surface area contributed by atoms with Crippen LogP contribution in [0.5, 0.6) is 0 Å². The molecule has 1 aromatic carbocycles. The molecule has 0 aromatic heterocycles. The molecule has 0 amide bonds. The average molecular weight is 159 g/mol. The lowest BCUT2D eigenvalue weighted by Crippen LogP contribution is -1.95. The van der Waals surface area contributed by atoms with Crippen molar-refractivity contribution < 1.29 is 4.79 Å². The van der Waals surface area contributed by atoms with Gasteiger partial charge in [0.15, 0.2) is 0 Å². The predicted octanol–water partition coefficient (Wildman–Crippen LogP) is 1.37. The third kappa shape index (κ3) is 1.30. The average Bonchev–Trinajstić information content (AvgIpc) is 2.09. The van der Waals surface area contributed by atoms with Crippen molar-refractivity contribution in [2.24, 2.45) is 0 Å². The minimum Gasteiger partial charge on any atom is -0.398 e. The van der Waals surface area contributed by atoms with Crippen LogP contribution in [0.25, 0.3) is 0 Å². The predicted molar refractivity (Wildman–Crippen MR) is 48.9 cm³/mol. The molecule has 0 aliphatic carbocycles. The van der Waals surface area contributed by atoms with Crippen LogP contribution in [0, 0.1) is 19.3 Å². The van der Waals surface area contributed by atoms with Crippen LogP contribution in [-0.4, -0.2) is 6.29 Å². The Balaban J connectivity index is 3.41. The molecule has 1 aromatic rings. The second-order valence-corrected chi connectivity index (χ2v) is 2.54. The molecule has 0 aliphatic rings. The monoisotopic (exact) mass is 159 g/mol. The molecule has 12 heavy (non-hydrogen) atoms. The number of nitrogens with two attached hydrogens (primary N) is 1. The SMILES string of the molecule is C#Cc1cc(N)c(C)c(C=O)c1. The van der Waals surface area contributed by atoms with Crippen LogP contribution in [0.1, 0.15) is 21.5 Å². The van der Waals surface area contributed by atoms with E-state index in [4.69, 9.17) is 12.2 Å². The Labute approximate surface area is 71.4 Å². The number of nitrogen functional groups attached to an aromatic ring is 1. The Morgan fingerprint density at radius 2 is 2.25 bits per heavy atom. The van der Waals surface area contributed by atoms with E-state index in [0.717, 1.165) is 11.8 Å². The number of carbonyl (C=O) groups excluding carboxylic acids is 1. The summed E-state index contributed by atoms with van der Waals surface area (Å²) in [4.78, 5) is 10.5. The van der Waals surface area contributed by atoms with E-state index in [1.807, 2.05) is 0 Å². The highest BCUT2D eigenvalue weighted by Gasteiger charge is 2.01. The zero-order chi connectivity index (χ0) is 9.14. The van der Waals surface area contributed by atoms with Crippen molar-refractivity contribution >= 4 is 12.0 Å². The molecular formula is C10H9NO. The number of hydrogen-bond donors (Lipinski definition) is 1. The third-order valence-electron chi connectivity index (χ3n) is 1.78. The molecule has 2 heteroatoms. The summed E-state index contributed by atoms with van der Waals surface area (Å²) in [5.74, 6) is 2.43. The molecule has 0 radical (unpaired) electrons. The van der Waals surface area contributed by atoms with Gasteiger partial charge in [0, 0.05) is 16.8 Å². The number of benzene rings is 1. The Hall–Kier alpha value is -1.75. The molecule has 0 aliphatic heterocycles. The van der Waals surface area contributed by atoms with E-state index in [1.54, 1.807) is 19.1 Å². The summed E-state index contributed by atoms with van der Waals surface area (Å²) in [5, 5.41) is 0. The van der Waals surface area contributed by atoms with Crippen LogP contribution in [0.2, 0.25) is 0 Å². The topological polar surface area (TPSA) is 43.1 Å². The van der Waals surface area contributed by atoms with Crippen LogP contribution in [-0.2, 0) is 0 Å². The van der Waals surface area contributed by atoms with Gasteiger partial charge in [0.25, 0.3) is 0 Å². The Kier molecular flexibility index (Phi) is 2.16. The lowest BCUT2D eigenvalue weighted by atomic mass is 10.0. The molecule has 0 saturated carbocycles. The molecule has 1 rings (SSSR count). The molecule has 60 valence electrons. The van der Waals surface area contributed by atoms with Gasteiger partial charge in [-0.05, 0) is 24.6 Å². The van der Waals surface area contributed by atoms with Gasteiger partial charge >= 0.3 is 0 Å². The number of anilines is 1. The zero-order valence-corrected chi connectivity index (χ0v) is 6.79. The second kappa shape index (κ2) is 3.10. The third-order valence-corrected chi connectivity index (χ3v) is 1.78. The molecule has 0 heterocycles. The lowest BCUT2D eigenvalue weighted by Gasteiger charge is -2.03. The fourth-order valence-corrected chi connectivity index (χ4v) is 0.966. The van der Waals surface area contributed by atoms with Crippen LogP contribution in [0.4, 0.5) is 5.69 Å². The van der Waals surface area contributed by atoms with Crippen molar-refractivity contribution in [2.75, 3.05) is 5.73 Å². The first kappa shape index (κ1) is 8.35. The van der Waals surface area contributed by atoms with Crippen molar-refractivity contribution in [1.82, 2.24) is 0 Å². The van der Waals surface area contributed by atoms with E-state index in [1.165, 1.54) is 0 Å². The van der Waals surface area contributed by atoms with Gasteiger partial charge in [-0.1, -0.05) is 5.92 Å². The Morgan fingerprint density at radius 3 is 2.75 bits per heavy atom. The molecule has 0 fully saturated rings. The fourth-order valence-electron chi connectivity index (χ4n) is 0.966. The minimum absolute atomic E-state index is 0.558. The zero-order valence-electron chi connectivity index (χ0n) is 6.79. The first-order valence-corrected chi connectivity index (χ1v) is 3.51. The van der Waals surface area contributed by atoms with E-state index in [-0.39, 0.29) is 0 Å². The summed E-state index contributed by atoms with van der Waals surface area (Å²) in [5.41, 5.74) is 8.16. The van der Waals surface area contributed by atoms with Gasteiger partial charge in [0.05, 0.1) is 0 Å². The summed E-state index contributed by atoms with van der Waals surface area (Å²) in [7, 11) is 0. The van der Waals surface area contributed by atoms with Gasteiger partial charge in [-0.3, -0.25) is 4.79 Å². The minimum atomic E-state index is 0.558. The summed E-state index contributed by atoms with van der Waals surface area (Å²) in [6.07, 6.45) is 5.93. The molecule has 2 N–H and O–H groups in total. The highest BCUT2D eigenvalue weighted by molar-refractivity contribution is 5.81. The Morgan fingerprint density at radius 1 is 1.58 bits per heavy atom. The maximum atomic E-state index is 10.5. The van der Waals surface area contributed by atoms with E-state index in [0.29, 0.717) is 16.8 Å². The molecule has 0 bridgehead atoms. The van der Waals surface area contributed by atoms with Crippen LogP contribution in [0.15, 0.2) is 12.1 Å². The van der Waals surface area contributed by atoms with Gasteiger partial charge in [-0.2, -0.15) is 0 Å². The van der Waals surface area contributed by atoms with Crippen molar-refractivity contribution in [1.29, 1.82) is 0 Å². The van der Waals surface area contributed by atoms with Crippen molar-refractivity contribution in [2.45, 2.75) is 6.92 Å². The second-order valence-electron chi connectivity index (χ2n) is 2.54. The van der Waals surface area contributed by atoms with Crippen LogP contribution in [0.3, 0.4) is 0 Å². The van der Waals surface area contributed by atoms with Crippen LogP contribution >= 0.6 is 0 Å². The summed E-state index contributed by atoms with van der Waals surface area (Å²) in [6.45, 7) is 1.79. The maximum absolute atomic E-state index is 10.5. The van der Waals surface area contributed by atoms with Gasteiger partial charge < -0.3 is 5.73 Å². The molecule has 2 nitrogen and oxygen atoms in total. The van der Waals surface area contributed by atoms with Crippen molar-refractivity contribution in [3.05, 3.63) is 28.8 Å². The Bertz CT molecular complexity index is 361. The molecule has 0 spiro atoms. The smallest absolute Gasteiger partial charge is 0.150 e. The highest BCUT2D eigenvalue weighted by Crippen LogP contribution is 2.16. The normalized spacial score (nSPS) is 9.00. The largest absolute Gasteiger partial charge is 0.398 e. The maximum Gasteiger partial charge on any atom is 0.150 e. The number of rotatable bonds is 1. The van der Waals surface area contributed by atoms with Crippen LogP contribution < -0.4 is 5.73 Å². The first-order valence-electron chi connectivity index (χ1n) is 3.51. The molecule has 0 saturated heterocycles. The number of carbonyl (C=O) groups is 1. The quantitative estimate of drug-likeness (QED) is 0.382. The van der Waals surface area contributed by atoms with E-state index < -0.39 is 0 Å². The first-order chi connectivity index (χ1) is 5.69. The molecule has 0 atom stereocenters. The van der Waals surface area contributed by atoms with Gasteiger partial charge in [-0.25, -0.2) is 0 Å². The van der Waals surface area contributed by atoms with Crippen molar-refractivity contribution in [3.8, 4) is 12.3 Å². The molecule has 0 unspecified atom stereocenters. The van der Waals surface area contributed by atoms with E-state index >= 15 is 0 Å². The number of hydrogen-bond acceptors (Lipinski definition) is 2. The summed E-state index contributed by atoms with van der Waals surface area (Å²) in [6, 6.07) is 3.33. The van der Waals surface area contributed by atoms with E-state index in [9.17, 15) is 4.79 Å². The standard InChI is InChI=1S/C10H9NO/c1-3-8-4-9(6-12)7(2)10(11)5-8/h1,4-6H,11H2,2H3. The highest BCUT2D eigenvalue weighted by atomic mass is 16.1. The fraction of sp³-hybridized carbons (Fsp3) is 0.100. The lowest BCUT2D eigenvalue weighted by molar-refractivity contribution is 0.112. The number of aldehydes is 1. The molecular weight excluding hydrogens is 150 g/mol. The van der Waals surface area contributed by atoms with Gasteiger partial charge in [-0.15, -0.1) is 6.42 Å². The summed E-state index contributed by atoms with van der Waals surface area (Å²) < 4.78 is 0.